The Morgan fingerprint density at radius 1 is 1.17 bits per heavy atom. The highest BCUT2D eigenvalue weighted by molar-refractivity contribution is 7.89. The molecule has 0 bridgehead atoms. The predicted octanol–water partition coefficient (Wildman–Crippen LogP) is 2.18. The summed E-state index contributed by atoms with van der Waals surface area (Å²) in [5, 5.41) is 0. The highest BCUT2D eigenvalue weighted by atomic mass is 32.2. The van der Waals surface area contributed by atoms with Gasteiger partial charge in [-0.1, -0.05) is 0 Å². The van der Waals surface area contributed by atoms with Crippen LogP contribution in [0.4, 0.5) is 17.6 Å². The molecule has 1 heterocycles. The summed E-state index contributed by atoms with van der Waals surface area (Å²) in [5.74, 6) is -3.28. The molecule has 1 aliphatic rings. The van der Waals surface area contributed by atoms with Gasteiger partial charge in [-0.15, -0.1) is 0 Å². The molecule has 1 aliphatic heterocycles. The second-order valence-corrected chi connectivity index (χ2v) is 8.68. The molecule has 1 fully saturated rings. The van der Waals surface area contributed by atoms with Crippen molar-refractivity contribution in [1.29, 1.82) is 0 Å². The number of carbonyl (C=O) groups is 2. The molecule has 30 heavy (non-hydrogen) atoms. The zero-order valence-corrected chi connectivity index (χ0v) is 17.0. The van der Waals surface area contributed by atoms with Crippen molar-refractivity contribution in [1.82, 2.24) is 9.21 Å². The first-order valence-electron chi connectivity index (χ1n) is 9.21. The predicted molar refractivity (Wildman–Crippen MR) is 97.2 cm³/mol. The Balaban J connectivity index is 2.06. The van der Waals surface area contributed by atoms with Gasteiger partial charge in [-0.2, -0.15) is 17.5 Å². The van der Waals surface area contributed by atoms with Crippen molar-refractivity contribution in [2.24, 2.45) is 5.92 Å². The number of alkyl halides is 3. The van der Waals surface area contributed by atoms with Crippen LogP contribution in [0.2, 0.25) is 0 Å². The number of hydrogen-bond donors (Lipinski definition) is 0. The van der Waals surface area contributed by atoms with Crippen LogP contribution in [0.25, 0.3) is 0 Å². The van der Waals surface area contributed by atoms with E-state index in [1.54, 1.807) is 0 Å². The van der Waals surface area contributed by atoms with E-state index in [4.69, 9.17) is 0 Å². The number of piperidine rings is 1. The normalized spacial score (nSPS) is 16.3. The van der Waals surface area contributed by atoms with E-state index in [1.165, 1.54) is 6.92 Å². The number of carbonyl (C=O) groups excluding carboxylic acids is 2. The van der Waals surface area contributed by atoms with E-state index in [-0.39, 0.29) is 37.4 Å². The third kappa shape index (κ3) is 6.39. The number of benzene rings is 1. The molecule has 7 nitrogen and oxygen atoms in total. The summed E-state index contributed by atoms with van der Waals surface area (Å²) in [5.41, 5.74) is 0. The largest absolute Gasteiger partial charge is 0.465 e. The number of rotatable bonds is 7. The number of ether oxygens (including phenoxy) is 1. The van der Waals surface area contributed by atoms with E-state index in [2.05, 4.69) is 4.74 Å². The molecular formula is C18H22F4N2O5S. The van der Waals surface area contributed by atoms with E-state index in [1.807, 2.05) is 0 Å². The van der Waals surface area contributed by atoms with Gasteiger partial charge in [0.05, 0.1) is 11.5 Å². The monoisotopic (exact) mass is 454 g/mol. The van der Waals surface area contributed by atoms with Crippen LogP contribution in [0.5, 0.6) is 0 Å². The molecule has 0 unspecified atom stereocenters. The van der Waals surface area contributed by atoms with E-state index in [9.17, 15) is 35.6 Å². The van der Waals surface area contributed by atoms with Crippen molar-refractivity contribution >= 4 is 21.9 Å². The van der Waals surface area contributed by atoms with Gasteiger partial charge in [-0.05, 0) is 44.0 Å². The van der Waals surface area contributed by atoms with Gasteiger partial charge in [0, 0.05) is 19.0 Å². The minimum absolute atomic E-state index is 0.00353. The Morgan fingerprint density at radius 3 is 2.23 bits per heavy atom. The lowest BCUT2D eigenvalue weighted by molar-refractivity contribution is -0.169. The minimum atomic E-state index is -4.70. The van der Waals surface area contributed by atoms with E-state index < -0.39 is 52.9 Å². The van der Waals surface area contributed by atoms with Gasteiger partial charge in [0.1, 0.15) is 18.9 Å². The maximum absolute atomic E-state index is 13.0. The molecule has 1 saturated heterocycles. The van der Waals surface area contributed by atoms with Gasteiger partial charge in [-0.3, -0.25) is 9.59 Å². The Hall–Kier alpha value is -2.21. The zero-order chi connectivity index (χ0) is 22.5. The van der Waals surface area contributed by atoms with Crippen molar-refractivity contribution in [2.45, 2.75) is 30.8 Å². The second kappa shape index (κ2) is 9.73. The first kappa shape index (κ1) is 24.1. The maximum Gasteiger partial charge on any atom is 0.406 e. The Morgan fingerprint density at radius 2 is 1.73 bits per heavy atom. The number of hydrogen-bond acceptors (Lipinski definition) is 5. The van der Waals surface area contributed by atoms with Crippen LogP contribution >= 0.6 is 0 Å². The third-order valence-corrected chi connectivity index (χ3v) is 6.47. The molecule has 1 aromatic rings. The topological polar surface area (TPSA) is 84.0 Å². The molecule has 2 rings (SSSR count). The molecule has 168 valence electrons. The summed E-state index contributed by atoms with van der Waals surface area (Å²) >= 11 is 0. The Kier molecular flexibility index (Phi) is 7.81. The van der Waals surface area contributed by atoms with E-state index in [0.29, 0.717) is 4.90 Å². The number of halogens is 4. The lowest BCUT2D eigenvalue weighted by Crippen LogP contribution is -2.48. The van der Waals surface area contributed by atoms with Crippen LogP contribution in [0, 0.1) is 11.7 Å². The van der Waals surface area contributed by atoms with Gasteiger partial charge in [0.15, 0.2) is 0 Å². The first-order valence-corrected chi connectivity index (χ1v) is 10.6. The molecular weight excluding hydrogens is 432 g/mol. The van der Waals surface area contributed by atoms with Gasteiger partial charge in [0.25, 0.3) is 0 Å². The summed E-state index contributed by atoms with van der Waals surface area (Å²) in [6.45, 7) is -1.15. The highest BCUT2D eigenvalue weighted by Gasteiger charge is 2.39. The van der Waals surface area contributed by atoms with Gasteiger partial charge in [0.2, 0.25) is 15.9 Å². The van der Waals surface area contributed by atoms with Crippen LogP contribution in [-0.2, 0) is 24.3 Å². The Bertz CT molecular complexity index is 850. The minimum Gasteiger partial charge on any atom is -0.465 e. The Labute approximate surface area is 171 Å². The molecule has 12 heteroatoms. The summed E-state index contributed by atoms with van der Waals surface area (Å²) in [6, 6.07) is 4.25. The van der Waals surface area contributed by atoms with Crippen molar-refractivity contribution in [3.05, 3.63) is 30.1 Å². The van der Waals surface area contributed by atoms with E-state index in [0.717, 1.165) is 28.6 Å². The average molecular weight is 454 g/mol. The SMILES string of the molecule is CCOC(=O)CN(CC(F)(F)F)C(=O)C1CCN(S(=O)(=O)c2ccc(F)cc2)CC1. The number of sulfonamides is 1. The molecule has 0 aliphatic carbocycles. The second-order valence-electron chi connectivity index (χ2n) is 6.75. The summed E-state index contributed by atoms with van der Waals surface area (Å²) < 4.78 is 82.5. The molecule has 0 N–H and O–H groups in total. The fraction of sp³-hybridized carbons (Fsp3) is 0.556. The van der Waals surface area contributed by atoms with Crippen LogP contribution in [0.1, 0.15) is 19.8 Å². The first-order chi connectivity index (χ1) is 13.9. The molecule has 0 atom stereocenters. The molecule has 0 aromatic heterocycles. The lowest BCUT2D eigenvalue weighted by atomic mass is 9.96. The highest BCUT2D eigenvalue weighted by Crippen LogP contribution is 2.26. The lowest BCUT2D eigenvalue weighted by Gasteiger charge is -2.33. The molecule has 0 radical (unpaired) electrons. The quantitative estimate of drug-likeness (QED) is 0.466. The van der Waals surface area contributed by atoms with Crippen LogP contribution in [0.15, 0.2) is 29.2 Å². The number of nitrogens with zero attached hydrogens (tertiary/aromatic N) is 2. The van der Waals surface area contributed by atoms with Crippen molar-refractivity contribution in [2.75, 3.05) is 32.8 Å². The third-order valence-electron chi connectivity index (χ3n) is 4.56. The van der Waals surface area contributed by atoms with Crippen LogP contribution in [-0.4, -0.2) is 68.5 Å². The van der Waals surface area contributed by atoms with Gasteiger partial charge < -0.3 is 9.64 Å². The number of esters is 1. The molecule has 1 aromatic carbocycles. The van der Waals surface area contributed by atoms with Gasteiger partial charge >= 0.3 is 12.1 Å². The molecule has 0 saturated carbocycles. The number of amides is 1. The summed E-state index contributed by atoms with van der Waals surface area (Å²) in [6.07, 6.45) is -4.71. The fourth-order valence-corrected chi connectivity index (χ4v) is 4.62. The van der Waals surface area contributed by atoms with Crippen LogP contribution < -0.4 is 0 Å². The maximum atomic E-state index is 13.0. The summed E-state index contributed by atoms with van der Waals surface area (Å²) in [7, 11) is -3.92. The van der Waals surface area contributed by atoms with Crippen LogP contribution in [0.3, 0.4) is 0 Å². The summed E-state index contributed by atoms with van der Waals surface area (Å²) in [4.78, 5) is 24.5. The smallest absolute Gasteiger partial charge is 0.406 e. The van der Waals surface area contributed by atoms with E-state index >= 15 is 0 Å². The average Bonchev–Trinajstić information content (AvgIpc) is 2.66. The van der Waals surface area contributed by atoms with Crippen molar-refractivity contribution < 1.29 is 40.3 Å². The fourth-order valence-electron chi connectivity index (χ4n) is 3.15. The standard InChI is InChI=1S/C18H22F4N2O5S/c1-2-29-16(25)11-23(12-18(20,21)22)17(26)13-7-9-24(10-8-13)30(27,28)15-5-3-14(19)4-6-15/h3-6,13H,2,7-12H2,1H3. The molecule has 0 spiro atoms. The van der Waals surface area contributed by atoms with Gasteiger partial charge in [-0.25, -0.2) is 12.8 Å². The van der Waals surface area contributed by atoms with Crippen molar-refractivity contribution in [3.63, 3.8) is 0 Å². The molecule has 1 amide bonds. The van der Waals surface area contributed by atoms with Crippen molar-refractivity contribution in [3.8, 4) is 0 Å². The zero-order valence-electron chi connectivity index (χ0n) is 16.2.